The minimum Gasteiger partial charge on any atom is -0.340 e. The molecule has 0 radical (unpaired) electrons. The Labute approximate surface area is 159 Å². The minimum atomic E-state index is -4.36. The van der Waals surface area contributed by atoms with Crippen molar-refractivity contribution in [3.8, 4) is 11.3 Å². The second-order valence-electron chi connectivity index (χ2n) is 6.28. The van der Waals surface area contributed by atoms with Crippen LogP contribution in [0, 0.1) is 6.92 Å². The molecule has 2 aromatic carbocycles. The summed E-state index contributed by atoms with van der Waals surface area (Å²) in [7, 11) is 0. The van der Waals surface area contributed by atoms with Gasteiger partial charge in [0.1, 0.15) is 12.1 Å². The molecule has 1 N–H and O–H groups in total. The molecule has 2 heterocycles. The van der Waals surface area contributed by atoms with Crippen LogP contribution in [-0.2, 0) is 6.18 Å². The van der Waals surface area contributed by atoms with E-state index in [4.69, 9.17) is 0 Å². The quantitative estimate of drug-likeness (QED) is 0.491. The number of aromatic nitrogens is 3. The third-order valence-corrected chi connectivity index (χ3v) is 4.45. The number of anilines is 2. The summed E-state index contributed by atoms with van der Waals surface area (Å²) in [5.74, 6) is 0.526. The van der Waals surface area contributed by atoms with Crippen molar-refractivity contribution in [2.75, 3.05) is 5.32 Å². The first-order chi connectivity index (χ1) is 13.4. The first-order valence-corrected chi connectivity index (χ1v) is 8.53. The van der Waals surface area contributed by atoms with Crippen LogP contribution in [0.5, 0.6) is 0 Å². The zero-order chi connectivity index (χ0) is 19.7. The summed E-state index contributed by atoms with van der Waals surface area (Å²) < 4.78 is 38.2. The molecule has 0 aliphatic heterocycles. The molecule has 0 atom stereocenters. The summed E-state index contributed by atoms with van der Waals surface area (Å²) in [6.45, 7) is 1.86. The summed E-state index contributed by atoms with van der Waals surface area (Å²) in [4.78, 5) is 13.1. The molecule has 4 rings (SSSR count). The molecule has 28 heavy (non-hydrogen) atoms. The minimum absolute atomic E-state index is 0.511. The smallest absolute Gasteiger partial charge is 0.340 e. The molecule has 0 aliphatic carbocycles. The monoisotopic (exact) mass is 380 g/mol. The Hall–Kier alpha value is -3.48. The highest BCUT2D eigenvalue weighted by Crippen LogP contribution is 2.32. The van der Waals surface area contributed by atoms with Crippen LogP contribution in [-0.4, -0.2) is 15.0 Å². The van der Waals surface area contributed by atoms with Crippen LogP contribution in [0.25, 0.3) is 22.2 Å². The zero-order valence-electron chi connectivity index (χ0n) is 14.8. The number of halogens is 3. The fourth-order valence-corrected chi connectivity index (χ4v) is 3.02. The fraction of sp³-hybridized carbons (Fsp3) is 0.0952. The maximum Gasteiger partial charge on any atom is 0.416 e. The molecular formula is C21H15F3N4. The van der Waals surface area contributed by atoms with Crippen molar-refractivity contribution in [3.05, 3.63) is 78.2 Å². The lowest BCUT2D eigenvalue weighted by molar-refractivity contribution is -0.137. The number of fused-ring (bicyclic) bond motifs is 1. The normalized spacial score (nSPS) is 11.6. The largest absolute Gasteiger partial charge is 0.416 e. The Kier molecular flexibility index (Phi) is 4.43. The van der Waals surface area contributed by atoms with Crippen LogP contribution in [0.3, 0.4) is 0 Å². The predicted molar refractivity (Wildman–Crippen MR) is 102 cm³/mol. The van der Waals surface area contributed by atoms with E-state index in [-0.39, 0.29) is 0 Å². The van der Waals surface area contributed by atoms with E-state index < -0.39 is 11.7 Å². The second-order valence-corrected chi connectivity index (χ2v) is 6.28. The van der Waals surface area contributed by atoms with E-state index in [2.05, 4.69) is 20.3 Å². The van der Waals surface area contributed by atoms with Gasteiger partial charge in [-0.15, -0.1) is 0 Å². The van der Waals surface area contributed by atoms with Crippen LogP contribution in [0.15, 0.2) is 67.1 Å². The predicted octanol–water partition coefficient (Wildman–Crippen LogP) is 5.76. The summed E-state index contributed by atoms with van der Waals surface area (Å²) in [6, 6.07) is 14.5. The molecule has 0 spiro atoms. The van der Waals surface area contributed by atoms with Gasteiger partial charge < -0.3 is 5.32 Å². The third-order valence-electron chi connectivity index (χ3n) is 4.45. The van der Waals surface area contributed by atoms with Crippen molar-refractivity contribution < 1.29 is 13.2 Å². The van der Waals surface area contributed by atoms with Gasteiger partial charge in [-0.2, -0.15) is 13.2 Å². The van der Waals surface area contributed by atoms with Crippen LogP contribution in [0.2, 0.25) is 0 Å². The van der Waals surface area contributed by atoms with E-state index in [1.165, 1.54) is 18.5 Å². The van der Waals surface area contributed by atoms with Crippen molar-refractivity contribution >= 4 is 22.4 Å². The van der Waals surface area contributed by atoms with E-state index in [1.54, 1.807) is 6.20 Å². The Morgan fingerprint density at radius 2 is 1.61 bits per heavy atom. The van der Waals surface area contributed by atoms with Crippen molar-refractivity contribution in [2.45, 2.75) is 13.1 Å². The van der Waals surface area contributed by atoms with E-state index in [0.717, 1.165) is 34.2 Å². The Bertz CT molecular complexity index is 1130. The van der Waals surface area contributed by atoms with Crippen LogP contribution in [0.4, 0.5) is 24.7 Å². The maximum absolute atomic E-state index is 12.7. The number of nitrogens with one attached hydrogen (secondary N) is 1. The number of rotatable bonds is 3. The van der Waals surface area contributed by atoms with E-state index in [1.807, 2.05) is 37.3 Å². The molecule has 2 aromatic heterocycles. The molecule has 4 nitrogen and oxygen atoms in total. The second kappa shape index (κ2) is 6.92. The van der Waals surface area contributed by atoms with Gasteiger partial charge in [0, 0.05) is 28.4 Å². The van der Waals surface area contributed by atoms with Crippen molar-refractivity contribution in [1.29, 1.82) is 0 Å². The van der Waals surface area contributed by atoms with E-state index in [9.17, 15) is 13.2 Å². The van der Waals surface area contributed by atoms with Crippen molar-refractivity contribution in [1.82, 2.24) is 15.0 Å². The molecule has 0 amide bonds. The lowest BCUT2D eigenvalue weighted by Gasteiger charge is -2.13. The standard InChI is InChI=1S/C21H15F3N4/c1-13-18(17-6-2-4-14-5-3-11-25-19(14)17)26-12-27-20(13)28-16-9-7-15(8-10-16)21(22,23)24/h2-12H,1H3,(H,26,27,28). The maximum atomic E-state index is 12.7. The molecule has 0 aliphatic rings. The number of para-hydroxylation sites is 1. The molecular weight excluding hydrogens is 365 g/mol. The first-order valence-electron chi connectivity index (χ1n) is 8.53. The molecule has 0 bridgehead atoms. The topological polar surface area (TPSA) is 50.7 Å². The molecule has 0 saturated heterocycles. The highest BCUT2D eigenvalue weighted by molar-refractivity contribution is 5.93. The Morgan fingerprint density at radius 3 is 2.36 bits per heavy atom. The fourth-order valence-electron chi connectivity index (χ4n) is 3.02. The number of pyridine rings is 1. The highest BCUT2D eigenvalue weighted by atomic mass is 19.4. The number of benzene rings is 2. The number of alkyl halides is 3. The van der Waals surface area contributed by atoms with Gasteiger partial charge in [0.2, 0.25) is 0 Å². The van der Waals surface area contributed by atoms with Gasteiger partial charge in [-0.05, 0) is 37.3 Å². The summed E-state index contributed by atoms with van der Waals surface area (Å²) >= 11 is 0. The van der Waals surface area contributed by atoms with E-state index in [0.29, 0.717) is 17.2 Å². The number of nitrogens with zero attached hydrogens (tertiary/aromatic N) is 3. The lowest BCUT2D eigenvalue weighted by Crippen LogP contribution is -2.05. The van der Waals surface area contributed by atoms with Gasteiger partial charge in [-0.1, -0.05) is 24.3 Å². The van der Waals surface area contributed by atoms with Gasteiger partial charge in [0.25, 0.3) is 0 Å². The molecule has 0 fully saturated rings. The summed E-state index contributed by atoms with van der Waals surface area (Å²) in [6.07, 6.45) is -1.21. The Morgan fingerprint density at radius 1 is 0.857 bits per heavy atom. The molecule has 4 aromatic rings. The van der Waals surface area contributed by atoms with Crippen molar-refractivity contribution in [3.63, 3.8) is 0 Å². The van der Waals surface area contributed by atoms with Crippen LogP contribution < -0.4 is 5.32 Å². The molecule has 140 valence electrons. The zero-order valence-corrected chi connectivity index (χ0v) is 14.8. The molecule has 0 saturated carbocycles. The molecule has 7 heteroatoms. The lowest BCUT2D eigenvalue weighted by atomic mass is 10.0. The van der Waals surface area contributed by atoms with Gasteiger partial charge in [0.05, 0.1) is 16.8 Å². The van der Waals surface area contributed by atoms with Gasteiger partial charge in [-0.3, -0.25) is 4.98 Å². The molecule has 0 unspecified atom stereocenters. The van der Waals surface area contributed by atoms with Crippen LogP contribution in [0.1, 0.15) is 11.1 Å². The van der Waals surface area contributed by atoms with Gasteiger partial charge in [-0.25, -0.2) is 9.97 Å². The average molecular weight is 380 g/mol. The highest BCUT2D eigenvalue weighted by Gasteiger charge is 2.30. The van der Waals surface area contributed by atoms with Gasteiger partial charge >= 0.3 is 6.18 Å². The average Bonchev–Trinajstić information content (AvgIpc) is 2.69. The summed E-state index contributed by atoms with van der Waals surface area (Å²) in [5.41, 5.74) is 3.01. The first kappa shape index (κ1) is 17.9. The number of hydrogen-bond acceptors (Lipinski definition) is 4. The Balaban J connectivity index is 1.71. The van der Waals surface area contributed by atoms with Crippen LogP contribution >= 0.6 is 0 Å². The SMILES string of the molecule is Cc1c(Nc2ccc(C(F)(F)F)cc2)ncnc1-c1cccc2cccnc12. The summed E-state index contributed by atoms with van der Waals surface area (Å²) in [5, 5.41) is 4.07. The van der Waals surface area contributed by atoms with Crippen molar-refractivity contribution in [2.24, 2.45) is 0 Å². The van der Waals surface area contributed by atoms with Gasteiger partial charge in [0.15, 0.2) is 0 Å². The number of hydrogen-bond donors (Lipinski definition) is 1. The van der Waals surface area contributed by atoms with E-state index >= 15 is 0 Å². The third kappa shape index (κ3) is 3.38.